The van der Waals surface area contributed by atoms with Crippen LogP contribution >= 0.6 is 15.9 Å². The lowest BCUT2D eigenvalue weighted by molar-refractivity contribution is 0.101. The van der Waals surface area contributed by atoms with Crippen molar-refractivity contribution >= 4 is 21.7 Å². The second-order valence-corrected chi connectivity index (χ2v) is 5.08. The van der Waals surface area contributed by atoms with Crippen LogP contribution in [0.5, 0.6) is 0 Å². The molecule has 2 heterocycles. The molecule has 0 atom stereocenters. The molecule has 0 aliphatic heterocycles. The van der Waals surface area contributed by atoms with Crippen molar-refractivity contribution in [1.29, 1.82) is 0 Å². The molecule has 5 heteroatoms. The molecule has 2 aromatic rings. The SMILES string of the molecule is CCn1nc(C)c(Br)c1Cn1ccc(C(C)=O)c1. The molecule has 0 spiro atoms. The number of carbonyl (C=O) groups excluding carboxylic acids is 1. The van der Waals surface area contributed by atoms with Crippen molar-refractivity contribution < 1.29 is 4.79 Å². The number of rotatable bonds is 4. The average molecular weight is 310 g/mol. The molecule has 0 N–H and O–H groups in total. The summed E-state index contributed by atoms with van der Waals surface area (Å²) in [4.78, 5) is 11.3. The highest BCUT2D eigenvalue weighted by Gasteiger charge is 2.12. The predicted molar refractivity (Wildman–Crippen MR) is 73.9 cm³/mol. The first-order chi connectivity index (χ1) is 8.52. The van der Waals surface area contributed by atoms with Crippen molar-refractivity contribution in [3.63, 3.8) is 0 Å². The molecule has 2 aromatic heterocycles. The fraction of sp³-hybridized carbons (Fsp3) is 0.385. The number of hydrogen-bond donors (Lipinski definition) is 0. The topological polar surface area (TPSA) is 39.8 Å². The zero-order valence-corrected chi connectivity index (χ0v) is 12.4. The highest BCUT2D eigenvalue weighted by atomic mass is 79.9. The molecule has 18 heavy (non-hydrogen) atoms. The van der Waals surface area contributed by atoms with Crippen molar-refractivity contribution in [1.82, 2.24) is 14.3 Å². The van der Waals surface area contributed by atoms with Gasteiger partial charge in [-0.05, 0) is 42.8 Å². The Hall–Kier alpha value is -1.36. The zero-order valence-electron chi connectivity index (χ0n) is 10.8. The lowest BCUT2D eigenvalue weighted by Gasteiger charge is -2.06. The molecule has 0 fully saturated rings. The third kappa shape index (κ3) is 2.41. The van der Waals surface area contributed by atoms with E-state index in [4.69, 9.17) is 0 Å². The molecule has 0 amide bonds. The van der Waals surface area contributed by atoms with E-state index in [1.165, 1.54) is 0 Å². The standard InChI is InChI=1S/C13H16BrN3O/c1-4-17-12(13(14)9(2)15-17)8-16-6-5-11(7-16)10(3)18/h5-7H,4,8H2,1-3H3. The largest absolute Gasteiger partial charge is 0.348 e. The molecule has 0 unspecified atom stereocenters. The Morgan fingerprint density at radius 1 is 1.50 bits per heavy atom. The van der Waals surface area contributed by atoms with Gasteiger partial charge in [0.05, 0.1) is 22.4 Å². The van der Waals surface area contributed by atoms with Crippen LogP contribution < -0.4 is 0 Å². The maximum absolute atomic E-state index is 11.3. The number of Topliss-reactive ketones (excluding diaryl/α,β-unsaturated/α-hetero) is 1. The quantitative estimate of drug-likeness (QED) is 0.814. The zero-order chi connectivity index (χ0) is 13.3. The molecule has 0 aromatic carbocycles. The minimum atomic E-state index is 0.0907. The lowest BCUT2D eigenvalue weighted by atomic mass is 10.2. The molecule has 0 aliphatic rings. The van der Waals surface area contributed by atoms with Crippen molar-refractivity contribution in [2.75, 3.05) is 0 Å². The Labute approximate surface area is 115 Å². The van der Waals surface area contributed by atoms with Gasteiger partial charge in [-0.2, -0.15) is 5.10 Å². The first-order valence-electron chi connectivity index (χ1n) is 5.91. The van der Waals surface area contributed by atoms with Crippen molar-refractivity contribution in [2.24, 2.45) is 0 Å². The second kappa shape index (κ2) is 5.10. The van der Waals surface area contributed by atoms with E-state index >= 15 is 0 Å². The predicted octanol–water partition coefficient (Wildman–Crippen LogP) is 3.03. The summed E-state index contributed by atoms with van der Waals surface area (Å²) in [6, 6.07) is 1.84. The van der Waals surface area contributed by atoms with Gasteiger partial charge in [-0.3, -0.25) is 9.48 Å². The Bertz CT molecular complexity index is 583. The molecule has 96 valence electrons. The van der Waals surface area contributed by atoms with Crippen LogP contribution in [-0.2, 0) is 13.1 Å². The highest BCUT2D eigenvalue weighted by Crippen LogP contribution is 2.22. The summed E-state index contributed by atoms with van der Waals surface area (Å²) in [6.07, 6.45) is 3.79. The summed E-state index contributed by atoms with van der Waals surface area (Å²) in [7, 11) is 0. The van der Waals surface area contributed by atoms with E-state index in [0.29, 0.717) is 6.54 Å². The fourth-order valence-electron chi connectivity index (χ4n) is 1.94. The van der Waals surface area contributed by atoms with Crippen LogP contribution in [0, 0.1) is 6.92 Å². The second-order valence-electron chi connectivity index (χ2n) is 4.29. The smallest absolute Gasteiger partial charge is 0.161 e. The number of nitrogens with zero attached hydrogens (tertiary/aromatic N) is 3. The third-order valence-electron chi connectivity index (χ3n) is 2.94. The first kappa shape index (κ1) is 13.1. The van der Waals surface area contributed by atoms with Crippen LogP contribution in [0.4, 0.5) is 0 Å². The van der Waals surface area contributed by atoms with Crippen molar-refractivity contribution in [3.05, 3.63) is 39.9 Å². The van der Waals surface area contributed by atoms with Crippen molar-refractivity contribution in [3.8, 4) is 0 Å². The van der Waals surface area contributed by atoms with Gasteiger partial charge < -0.3 is 4.57 Å². The van der Waals surface area contributed by atoms with E-state index in [2.05, 4.69) is 28.0 Å². The molecule has 0 radical (unpaired) electrons. The number of aromatic nitrogens is 3. The normalized spacial score (nSPS) is 10.9. The first-order valence-corrected chi connectivity index (χ1v) is 6.70. The summed E-state index contributed by atoms with van der Waals surface area (Å²) in [5.41, 5.74) is 2.86. The van der Waals surface area contributed by atoms with Crippen LogP contribution in [0.25, 0.3) is 0 Å². The van der Waals surface area contributed by atoms with Gasteiger partial charge in [0.15, 0.2) is 5.78 Å². The van der Waals surface area contributed by atoms with Gasteiger partial charge in [0.1, 0.15) is 0 Å². The number of hydrogen-bond acceptors (Lipinski definition) is 2. The van der Waals surface area contributed by atoms with Crippen LogP contribution in [0.15, 0.2) is 22.9 Å². The monoisotopic (exact) mass is 309 g/mol. The van der Waals surface area contributed by atoms with E-state index in [-0.39, 0.29) is 5.78 Å². The maximum Gasteiger partial charge on any atom is 0.161 e. The molecule has 0 saturated heterocycles. The van der Waals surface area contributed by atoms with Gasteiger partial charge in [-0.15, -0.1) is 0 Å². The molecule has 2 rings (SSSR count). The van der Waals surface area contributed by atoms with E-state index in [0.717, 1.165) is 28.0 Å². The Balaban J connectivity index is 2.30. The van der Waals surface area contributed by atoms with E-state index < -0.39 is 0 Å². The van der Waals surface area contributed by atoms with Gasteiger partial charge in [-0.1, -0.05) is 0 Å². The number of aryl methyl sites for hydroxylation is 2. The summed E-state index contributed by atoms with van der Waals surface area (Å²) >= 11 is 3.57. The molecular weight excluding hydrogens is 294 g/mol. The Morgan fingerprint density at radius 3 is 2.78 bits per heavy atom. The maximum atomic E-state index is 11.3. The van der Waals surface area contributed by atoms with Crippen LogP contribution in [-0.4, -0.2) is 20.1 Å². The molecule has 0 aliphatic carbocycles. The van der Waals surface area contributed by atoms with Crippen LogP contribution in [0.3, 0.4) is 0 Å². The number of carbonyl (C=O) groups is 1. The highest BCUT2D eigenvalue weighted by molar-refractivity contribution is 9.10. The average Bonchev–Trinajstić information content (AvgIpc) is 2.89. The third-order valence-corrected chi connectivity index (χ3v) is 3.97. The fourth-order valence-corrected chi connectivity index (χ4v) is 2.35. The number of ketones is 1. The molecule has 0 bridgehead atoms. The Morgan fingerprint density at radius 2 is 2.22 bits per heavy atom. The van der Waals surface area contributed by atoms with Gasteiger partial charge >= 0.3 is 0 Å². The van der Waals surface area contributed by atoms with Crippen molar-refractivity contribution in [2.45, 2.75) is 33.9 Å². The van der Waals surface area contributed by atoms with E-state index in [1.807, 2.05) is 34.6 Å². The minimum absolute atomic E-state index is 0.0907. The van der Waals surface area contributed by atoms with Crippen LogP contribution in [0.1, 0.15) is 35.6 Å². The summed E-state index contributed by atoms with van der Waals surface area (Å²) in [6.45, 7) is 7.18. The van der Waals surface area contributed by atoms with Gasteiger partial charge in [0.2, 0.25) is 0 Å². The lowest BCUT2D eigenvalue weighted by Crippen LogP contribution is -2.07. The summed E-state index contributed by atoms with van der Waals surface area (Å²) in [5, 5.41) is 4.46. The summed E-state index contributed by atoms with van der Waals surface area (Å²) in [5.74, 6) is 0.0907. The van der Waals surface area contributed by atoms with E-state index in [1.54, 1.807) is 6.92 Å². The molecular formula is C13H16BrN3O. The minimum Gasteiger partial charge on any atom is -0.348 e. The number of halogens is 1. The molecule has 0 saturated carbocycles. The Kier molecular flexibility index (Phi) is 3.71. The van der Waals surface area contributed by atoms with Gasteiger partial charge in [-0.25, -0.2) is 0 Å². The summed E-state index contributed by atoms with van der Waals surface area (Å²) < 4.78 is 5.03. The molecule has 4 nitrogen and oxygen atoms in total. The van der Waals surface area contributed by atoms with Gasteiger partial charge in [0, 0.05) is 24.5 Å². The van der Waals surface area contributed by atoms with E-state index in [9.17, 15) is 4.79 Å². The van der Waals surface area contributed by atoms with Crippen LogP contribution in [0.2, 0.25) is 0 Å². The van der Waals surface area contributed by atoms with Gasteiger partial charge in [0.25, 0.3) is 0 Å².